The predicted octanol–water partition coefficient (Wildman–Crippen LogP) is 1.63. The normalized spacial score (nSPS) is 17.1. The minimum absolute atomic E-state index is 0.281. The summed E-state index contributed by atoms with van der Waals surface area (Å²) in [4.78, 5) is 13.3. The van der Waals surface area contributed by atoms with Crippen molar-refractivity contribution in [2.24, 2.45) is 5.92 Å². The van der Waals surface area contributed by atoms with Crippen LogP contribution in [0, 0.1) is 5.92 Å². The molecule has 1 atom stereocenters. The summed E-state index contributed by atoms with van der Waals surface area (Å²) in [6, 6.07) is 9.61. The van der Waals surface area contributed by atoms with Gasteiger partial charge in [-0.1, -0.05) is 30.3 Å². The Morgan fingerprint density at radius 2 is 2.06 bits per heavy atom. The summed E-state index contributed by atoms with van der Waals surface area (Å²) in [6.45, 7) is 1.63. The number of nitrogens with zero attached hydrogens (tertiary/aromatic N) is 1. The minimum Gasteiger partial charge on any atom is -0.445 e. The van der Waals surface area contributed by atoms with Crippen LogP contribution in [0.1, 0.15) is 5.56 Å². The molecule has 1 fully saturated rings. The van der Waals surface area contributed by atoms with Gasteiger partial charge in [-0.25, -0.2) is 4.79 Å². The van der Waals surface area contributed by atoms with E-state index in [1.165, 1.54) is 0 Å². The van der Waals surface area contributed by atoms with Crippen LogP contribution in [-0.2, 0) is 22.1 Å². The molecular weight excluding hydrogens is 250 g/mol. The average molecular weight is 267 g/mol. The van der Waals surface area contributed by atoms with E-state index < -0.39 is 10.8 Å². The molecule has 1 aromatic rings. The molecule has 0 radical (unpaired) electrons. The van der Waals surface area contributed by atoms with Gasteiger partial charge in [-0.05, 0) is 5.56 Å². The van der Waals surface area contributed by atoms with Gasteiger partial charge in [0.25, 0.3) is 0 Å². The van der Waals surface area contributed by atoms with E-state index in [4.69, 9.17) is 4.74 Å². The third-order valence-corrected chi connectivity index (χ3v) is 3.83. The van der Waals surface area contributed by atoms with Crippen molar-refractivity contribution < 1.29 is 13.7 Å². The van der Waals surface area contributed by atoms with Crippen LogP contribution in [0.5, 0.6) is 0 Å². The number of hydrogen-bond acceptors (Lipinski definition) is 3. The van der Waals surface area contributed by atoms with E-state index in [0.29, 0.717) is 31.4 Å². The zero-order chi connectivity index (χ0) is 13.0. The number of likely N-dealkylation sites (tertiary alicyclic amines) is 1. The smallest absolute Gasteiger partial charge is 0.410 e. The molecule has 0 spiro atoms. The van der Waals surface area contributed by atoms with Crippen molar-refractivity contribution in [3.05, 3.63) is 35.9 Å². The summed E-state index contributed by atoms with van der Waals surface area (Å²) in [5, 5.41) is 0. The maximum absolute atomic E-state index is 11.7. The molecule has 0 aromatic heterocycles. The van der Waals surface area contributed by atoms with Gasteiger partial charge in [0.05, 0.1) is 0 Å². The summed E-state index contributed by atoms with van der Waals surface area (Å²) in [5.74, 6) is 1.03. The second-order valence-corrected chi connectivity index (χ2v) is 6.03. The van der Waals surface area contributed by atoms with Gasteiger partial charge in [-0.15, -0.1) is 0 Å². The Balaban J connectivity index is 1.70. The Morgan fingerprint density at radius 1 is 1.39 bits per heavy atom. The Kier molecular flexibility index (Phi) is 4.36. The maximum Gasteiger partial charge on any atom is 0.410 e. The number of benzene rings is 1. The highest BCUT2D eigenvalue weighted by Gasteiger charge is 2.32. The first-order valence-corrected chi connectivity index (χ1v) is 7.63. The molecule has 0 saturated carbocycles. The molecule has 0 N–H and O–H groups in total. The molecule has 18 heavy (non-hydrogen) atoms. The SMILES string of the molecule is CS(=O)CC1CN(C(=O)OCc2ccccc2)C1. The fourth-order valence-corrected chi connectivity index (χ4v) is 2.84. The molecular formula is C13H17NO3S. The molecule has 0 aliphatic carbocycles. The predicted molar refractivity (Wildman–Crippen MR) is 70.6 cm³/mol. The lowest BCUT2D eigenvalue weighted by Crippen LogP contribution is -2.51. The maximum atomic E-state index is 11.7. The lowest BCUT2D eigenvalue weighted by Gasteiger charge is -2.37. The van der Waals surface area contributed by atoms with Crippen LogP contribution >= 0.6 is 0 Å². The van der Waals surface area contributed by atoms with E-state index >= 15 is 0 Å². The van der Waals surface area contributed by atoms with Gasteiger partial charge in [0, 0.05) is 41.8 Å². The van der Waals surface area contributed by atoms with Crippen molar-refractivity contribution in [3.8, 4) is 0 Å². The number of carbonyl (C=O) groups excluding carboxylic acids is 1. The van der Waals surface area contributed by atoms with Gasteiger partial charge in [0.15, 0.2) is 0 Å². The van der Waals surface area contributed by atoms with Crippen molar-refractivity contribution in [3.63, 3.8) is 0 Å². The molecule has 1 aliphatic heterocycles. The third kappa shape index (κ3) is 3.57. The molecule has 1 saturated heterocycles. The van der Waals surface area contributed by atoms with Gasteiger partial charge in [0.1, 0.15) is 6.61 Å². The van der Waals surface area contributed by atoms with Gasteiger partial charge in [-0.3, -0.25) is 4.21 Å². The van der Waals surface area contributed by atoms with Crippen molar-refractivity contribution in [1.29, 1.82) is 0 Å². The Bertz CT molecular complexity index is 429. The van der Waals surface area contributed by atoms with E-state index in [-0.39, 0.29) is 6.09 Å². The molecule has 98 valence electrons. The van der Waals surface area contributed by atoms with Crippen LogP contribution in [0.2, 0.25) is 0 Å². The zero-order valence-electron chi connectivity index (χ0n) is 10.4. The number of hydrogen-bond donors (Lipinski definition) is 0. The largest absolute Gasteiger partial charge is 0.445 e. The van der Waals surface area contributed by atoms with Gasteiger partial charge >= 0.3 is 6.09 Å². The third-order valence-electron chi connectivity index (χ3n) is 2.89. The van der Waals surface area contributed by atoms with Crippen molar-refractivity contribution in [2.45, 2.75) is 6.61 Å². The Morgan fingerprint density at radius 3 is 2.67 bits per heavy atom. The van der Waals surface area contributed by atoms with Crippen molar-refractivity contribution >= 4 is 16.9 Å². The second-order valence-electron chi connectivity index (χ2n) is 4.55. The summed E-state index contributed by atoms with van der Waals surface area (Å²) in [7, 11) is -0.785. The highest BCUT2D eigenvalue weighted by Crippen LogP contribution is 2.17. The van der Waals surface area contributed by atoms with Crippen LogP contribution in [0.3, 0.4) is 0 Å². The number of rotatable bonds is 4. The van der Waals surface area contributed by atoms with Crippen LogP contribution < -0.4 is 0 Å². The molecule has 1 unspecified atom stereocenters. The summed E-state index contributed by atoms with van der Waals surface area (Å²) in [5.41, 5.74) is 0.984. The Labute approximate surface area is 109 Å². The van der Waals surface area contributed by atoms with Gasteiger partial charge in [-0.2, -0.15) is 0 Å². The molecule has 1 aliphatic rings. The lowest BCUT2D eigenvalue weighted by molar-refractivity contribution is 0.0551. The van der Waals surface area contributed by atoms with E-state index in [9.17, 15) is 9.00 Å². The van der Waals surface area contributed by atoms with Crippen molar-refractivity contribution in [2.75, 3.05) is 25.1 Å². The average Bonchev–Trinajstić information content (AvgIpc) is 2.31. The topological polar surface area (TPSA) is 46.6 Å². The second kappa shape index (κ2) is 6.00. The van der Waals surface area contributed by atoms with Gasteiger partial charge in [0.2, 0.25) is 0 Å². The lowest BCUT2D eigenvalue weighted by atomic mass is 10.0. The molecule has 1 amide bonds. The van der Waals surface area contributed by atoms with E-state index in [0.717, 1.165) is 5.56 Å². The van der Waals surface area contributed by atoms with E-state index in [2.05, 4.69) is 0 Å². The first-order chi connectivity index (χ1) is 8.65. The molecule has 5 heteroatoms. The standard InChI is InChI=1S/C13H17NO3S/c1-18(16)10-12-7-14(8-12)13(15)17-9-11-5-3-2-4-6-11/h2-6,12H,7-10H2,1H3. The summed E-state index contributed by atoms with van der Waals surface area (Å²) < 4.78 is 16.2. The highest BCUT2D eigenvalue weighted by atomic mass is 32.2. The number of ether oxygens (including phenoxy) is 1. The van der Waals surface area contributed by atoms with Crippen LogP contribution in [0.4, 0.5) is 4.79 Å². The molecule has 1 heterocycles. The number of amides is 1. The molecule has 4 nitrogen and oxygen atoms in total. The molecule has 1 aromatic carbocycles. The number of carbonyl (C=O) groups is 1. The van der Waals surface area contributed by atoms with Crippen LogP contribution in [0.15, 0.2) is 30.3 Å². The van der Waals surface area contributed by atoms with E-state index in [1.54, 1.807) is 11.2 Å². The monoisotopic (exact) mass is 267 g/mol. The summed E-state index contributed by atoms with van der Waals surface area (Å²) in [6.07, 6.45) is 1.41. The van der Waals surface area contributed by atoms with Gasteiger partial charge < -0.3 is 9.64 Å². The Hall–Kier alpha value is -1.36. The molecule has 0 bridgehead atoms. The summed E-state index contributed by atoms with van der Waals surface area (Å²) >= 11 is 0. The van der Waals surface area contributed by atoms with Crippen molar-refractivity contribution in [1.82, 2.24) is 4.90 Å². The van der Waals surface area contributed by atoms with E-state index in [1.807, 2.05) is 30.3 Å². The fourth-order valence-electron chi connectivity index (χ4n) is 1.97. The first-order valence-electron chi connectivity index (χ1n) is 5.91. The zero-order valence-corrected chi connectivity index (χ0v) is 11.2. The van der Waals surface area contributed by atoms with Crippen LogP contribution in [-0.4, -0.2) is 40.3 Å². The quantitative estimate of drug-likeness (QED) is 0.833. The molecule has 2 rings (SSSR count). The van der Waals surface area contributed by atoms with Crippen LogP contribution in [0.25, 0.3) is 0 Å². The highest BCUT2D eigenvalue weighted by molar-refractivity contribution is 7.84. The fraction of sp³-hybridized carbons (Fsp3) is 0.462. The first kappa shape index (κ1) is 13.1. The minimum atomic E-state index is -0.785.